The average molecular weight is 234 g/mol. The Balaban J connectivity index is -0.000000405. The van der Waals surface area contributed by atoms with Gasteiger partial charge in [-0.15, -0.1) is 24.8 Å². The van der Waals surface area contributed by atoms with Gasteiger partial charge in [0.15, 0.2) is 5.17 Å². The Morgan fingerprint density at radius 2 is 1.92 bits per heavy atom. The highest BCUT2D eigenvalue weighted by Gasteiger charge is 2.09. The number of thioether (sulfide) groups is 1. The maximum atomic E-state index is 7.04. The summed E-state index contributed by atoms with van der Waals surface area (Å²) in [4.78, 5) is 2.06. The number of nitrogens with one attached hydrogen (secondary N) is 1. The molecule has 1 atom stereocenters. The molecule has 0 aromatic heterocycles. The summed E-state index contributed by atoms with van der Waals surface area (Å²) in [5.41, 5.74) is 5.23. The smallest absolute Gasteiger partial charge is 0.152 e. The van der Waals surface area contributed by atoms with Crippen molar-refractivity contribution in [1.29, 1.82) is 5.41 Å². The molecule has 6 heteroatoms. The van der Waals surface area contributed by atoms with Crippen LogP contribution in [0.25, 0.3) is 0 Å². The lowest BCUT2D eigenvalue weighted by Crippen LogP contribution is -2.26. The molecule has 1 unspecified atom stereocenters. The third kappa shape index (κ3) is 8.46. The Labute approximate surface area is 90.8 Å². The molecule has 0 aliphatic rings. The van der Waals surface area contributed by atoms with Gasteiger partial charge >= 0.3 is 0 Å². The third-order valence-electron chi connectivity index (χ3n) is 1.19. The molecule has 3 nitrogen and oxygen atoms in total. The van der Waals surface area contributed by atoms with Crippen molar-refractivity contribution >= 4 is 41.7 Å². The summed E-state index contributed by atoms with van der Waals surface area (Å²) in [6.45, 7) is 2.08. The molecule has 0 bridgehead atoms. The van der Waals surface area contributed by atoms with Gasteiger partial charge in [0.05, 0.1) is 5.37 Å². The topological polar surface area (TPSA) is 53.1 Å². The van der Waals surface area contributed by atoms with Gasteiger partial charge in [-0.3, -0.25) is 10.3 Å². The lowest BCUT2D eigenvalue weighted by Gasteiger charge is -2.20. The van der Waals surface area contributed by atoms with Crippen molar-refractivity contribution in [2.75, 3.05) is 14.1 Å². The van der Waals surface area contributed by atoms with E-state index in [4.69, 9.17) is 11.1 Å². The Bertz CT molecular complexity index is 121. The summed E-state index contributed by atoms with van der Waals surface area (Å²) in [5, 5.41) is 7.58. The normalized spacial score (nSPS) is 11.3. The Kier molecular flexibility index (Phi) is 14.3. The zero-order valence-corrected chi connectivity index (χ0v) is 9.98. The van der Waals surface area contributed by atoms with Crippen LogP contribution in [0.3, 0.4) is 0 Å². The van der Waals surface area contributed by atoms with Crippen molar-refractivity contribution in [3.63, 3.8) is 0 Å². The van der Waals surface area contributed by atoms with Crippen LogP contribution in [-0.2, 0) is 0 Å². The standard InChI is InChI=1S/C6H15N3S.2ClH/c1-4-5(9(2)3)10-6(7)8;;/h5H,4H2,1-3H3,(H3,7,8);2*1H. The Morgan fingerprint density at radius 3 is 2.00 bits per heavy atom. The SMILES string of the molecule is CCC(SC(=N)N)N(C)C.Cl.Cl. The van der Waals surface area contributed by atoms with Crippen LogP contribution < -0.4 is 5.73 Å². The van der Waals surface area contributed by atoms with E-state index >= 15 is 0 Å². The van der Waals surface area contributed by atoms with Gasteiger partial charge in [-0.2, -0.15) is 0 Å². The van der Waals surface area contributed by atoms with Crippen LogP contribution in [0, 0.1) is 5.41 Å². The molecule has 0 fully saturated rings. The second kappa shape index (κ2) is 9.45. The van der Waals surface area contributed by atoms with Crippen LogP contribution in [0.5, 0.6) is 0 Å². The molecule has 0 aliphatic heterocycles. The molecule has 0 rings (SSSR count). The van der Waals surface area contributed by atoms with Gasteiger partial charge in [0.1, 0.15) is 0 Å². The first-order valence-corrected chi connectivity index (χ1v) is 4.13. The predicted octanol–water partition coefficient (Wildman–Crippen LogP) is 1.75. The molecule has 0 aliphatic carbocycles. The van der Waals surface area contributed by atoms with E-state index in [2.05, 4.69) is 11.8 Å². The van der Waals surface area contributed by atoms with Gasteiger partial charge in [0, 0.05) is 0 Å². The molecule has 0 saturated carbocycles. The van der Waals surface area contributed by atoms with E-state index in [1.54, 1.807) is 0 Å². The summed E-state index contributed by atoms with van der Waals surface area (Å²) in [5.74, 6) is 0. The molecule has 0 spiro atoms. The van der Waals surface area contributed by atoms with Crippen LogP contribution in [0.15, 0.2) is 0 Å². The zero-order chi connectivity index (χ0) is 8.15. The molecule has 0 heterocycles. The molecule has 76 valence electrons. The Morgan fingerprint density at radius 1 is 1.50 bits per heavy atom. The van der Waals surface area contributed by atoms with E-state index in [9.17, 15) is 0 Å². The van der Waals surface area contributed by atoms with Gasteiger partial charge in [-0.05, 0) is 20.5 Å². The highest BCUT2D eigenvalue weighted by atomic mass is 35.5. The van der Waals surface area contributed by atoms with Crippen LogP contribution >= 0.6 is 36.6 Å². The first-order valence-electron chi connectivity index (χ1n) is 3.25. The van der Waals surface area contributed by atoms with E-state index in [1.165, 1.54) is 11.8 Å². The summed E-state index contributed by atoms with van der Waals surface area (Å²) in [6.07, 6.45) is 1.01. The largest absolute Gasteiger partial charge is 0.379 e. The highest BCUT2D eigenvalue weighted by molar-refractivity contribution is 8.14. The minimum Gasteiger partial charge on any atom is -0.379 e. The second-order valence-electron chi connectivity index (χ2n) is 2.31. The second-order valence-corrected chi connectivity index (χ2v) is 3.53. The van der Waals surface area contributed by atoms with Crippen LogP contribution in [-0.4, -0.2) is 29.5 Å². The first kappa shape index (κ1) is 18.2. The fraction of sp³-hybridized carbons (Fsp3) is 0.833. The number of rotatable bonds is 3. The minimum absolute atomic E-state index is 0. The maximum Gasteiger partial charge on any atom is 0.152 e. The van der Waals surface area contributed by atoms with Crippen LogP contribution in [0.4, 0.5) is 0 Å². The van der Waals surface area contributed by atoms with E-state index in [-0.39, 0.29) is 30.0 Å². The molecule has 0 radical (unpaired) electrons. The van der Waals surface area contributed by atoms with E-state index in [0.29, 0.717) is 5.37 Å². The van der Waals surface area contributed by atoms with Gasteiger partial charge in [0.25, 0.3) is 0 Å². The molecule has 0 amide bonds. The summed E-state index contributed by atoms with van der Waals surface area (Å²) in [6, 6.07) is 0. The quantitative estimate of drug-likeness (QED) is 0.444. The molecule has 0 aromatic rings. The zero-order valence-electron chi connectivity index (χ0n) is 7.53. The van der Waals surface area contributed by atoms with Crippen molar-refractivity contribution in [2.24, 2.45) is 5.73 Å². The third-order valence-corrected chi connectivity index (χ3v) is 2.47. The molecule has 0 saturated heterocycles. The van der Waals surface area contributed by atoms with Gasteiger partial charge in [-0.1, -0.05) is 18.7 Å². The predicted molar refractivity (Wildman–Crippen MR) is 61.8 cm³/mol. The van der Waals surface area contributed by atoms with Crippen LogP contribution in [0.1, 0.15) is 13.3 Å². The maximum absolute atomic E-state index is 7.04. The van der Waals surface area contributed by atoms with Crippen molar-refractivity contribution in [3.05, 3.63) is 0 Å². The van der Waals surface area contributed by atoms with Crippen molar-refractivity contribution in [3.8, 4) is 0 Å². The van der Waals surface area contributed by atoms with E-state index < -0.39 is 0 Å². The summed E-state index contributed by atoms with van der Waals surface area (Å²) < 4.78 is 0. The number of nitrogens with two attached hydrogens (primary N) is 1. The monoisotopic (exact) mass is 233 g/mol. The minimum atomic E-state index is 0. The number of hydrogen-bond acceptors (Lipinski definition) is 3. The first-order chi connectivity index (χ1) is 4.57. The summed E-state index contributed by atoms with van der Waals surface area (Å²) in [7, 11) is 3.98. The Hall–Kier alpha value is 0.360. The fourth-order valence-electron chi connectivity index (χ4n) is 0.700. The molecular formula is C6H17Cl2N3S. The summed E-state index contributed by atoms with van der Waals surface area (Å²) >= 11 is 1.39. The average Bonchev–Trinajstić information content (AvgIpc) is 1.81. The fourth-order valence-corrected chi connectivity index (χ4v) is 1.37. The number of hydrogen-bond donors (Lipinski definition) is 2. The highest BCUT2D eigenvalue weighted by Crippen LogP contribution is 2.14. The van der Waals surface area contributed by atoms with E-state index in [1.807, 2.05) is 14.1 Å². The number of halogens is 2. The van der Waals surface area contributed by atoms with Gasteiger partial charge < -0.3 is 5.73 Å². The molecule has 3 N–H and O–H groups in total. The van der Waals surface area contributed by atoms with Crippen LogP contribution in [0.2, 0.25) is 0 Å². The van der Waals surface area contributed by atoms with Crippen molar-refractivity contribution < 1.29 is 0 Å². The molecular weight excluding hydrogens is 217 g/mol. The lowest BCUT2D eigenvalue weighted by atomic mass is 10.4. The lowest BCUT2D eigenvalue weighted by molar-refractivity contribution is 0.377. The van der Waals surface area contributed by atoms with Crippen molar-refractivity contribution in [1.82, 2.24) is 4.90 Å². The number of nitrogens with zero attached hydrogens (tertiary/aromatic N) is 1. The molecule has 12 heavy (non-hydrogen) atoms. The van der Waals surface area contributed by atoms with Gasteiger partial charge in [-0.25, -0.2) is 0 Å². The van der Waals surface area contributed by atoms with Gasteiger partial charge in [0.2, 0.25) is 0 Å². The van der Waals surface area contributed by atoms with E-state index in [0.717, 1.165) is 6.42 Å². The molecule has 0 aromatic carbocycles. The van der Waals surface area contributed by atoms with Crippen molar-refractivity contribution in [2.45, 2.75) is 18.7 Å². The number of amidine groups is 1.